The van der Waals surface area contributed by atoms with Crippen molar-refractivity contribution in [2.45, 2.75) is 12.5 Å². The van der Waals surface area contributed by atoms with Gasteiger partial charge in [0, 0.05) is 24.7 Å². The van der Waals surface area contributed by atoms with Crippen LogP contribution >= 0.6 is 0 Å². The molecule has 20 heavy (non-hydrogen) atoms. The first-order valence-corrected chi connectivity index (χ1v) is 6.65. The van der Waals surface area contributed by atoms with Gasteiger partial charge in [-0.2, -0.15) is 0 Å². The van der Waals surface area contributed by atoms with Crippen LogP contribution in [0, 0.1) is 0 Å². The highest BCUT2D eigenvalue weighted by atomic mass is 16.5. The number of ether oxygens (including phenoxy) is 1. The first kappa shape index (κ1) is 13.0. The number of hydrogen-bond acceptors (Lipinski definition) is 4. The number of pyridine rings is 1. The summed E-state index contributed by atoms with van der Waals surface area (Å²) in [4.78, 5) is 16.2. The summed E-state index contributed by atoms with van der Waals surface area (Å²) in [6, 6.07) is 9.46. The zero-order valence-electron chi connectivity index (χ0n) is 11.3. The van der Waals surface area contributed by atoms with Gasteiger partial charge in [-0.25, -0.2) is 0 Å². The van der Waals surface area contributed by atoms with Crippen molar-refractivity contribution in [3.05, 3.63) is 36.5 Å². The van der Waals surface area contributed by atoms with Gasteiger partial charge in [-0.05, 0) is 31.2 Å². The molecule has 3 rings (SSSR count). The number of carbonyl (C=O) groups excluding carboxylic acids is 1. The number of benzene rings is 1. The number of anilines is 1. The van der Waals surface area contributed by atoms with Gasteiger partial charge < -0.3 is 15.4 Å². The van der Waals surface area contributed by atoms with E-state index in [0.717, 1.165) is 29.7 Å². The van der Waals surface area contributed by atoms with Crippen LogP contribution in [0.2, 0.25) is 0 Å². The standard InChI is InChI=1S/C15H17N3O2/c1-15(9-16-10-15)20-8-14(19)18-13-6-2-5-12-11(13)4-3-7-17-12/h2-7,16H,8-10H2,1H3,(H,18,19). The van der Waals surface area contributed by atoms with Crippen molar-refractivity contribution in [2.24, 2.45) is 0 Å². The van der Waals surface area contributed by atoms with Gasteiger partial charge in [-0.1, -0.05) is 6.07 Å². The first-order chi connectivity index (χ1) is 9.66. The minimum Gasteiger partial charge on any atom is -0.363 e. The van der Waals surface area contributed by atoms with Crippen LogP contribution in [-0.4, -0.2) is 36.2 Å². The molecule has 104 valence electrons. The number of hydrogen-bond donors (Lipinski definition) is 2. The lowest BCUT2D eigenvalue weighted by Crippen LogP contribution is -2.59. The number of fused-ring (bicyclic) bond motifs is 1. The summed E-state index contributed by atoms with van der Waals surface area (Å²) in [5, 5.41) is 6.95. The second-order valence-corrected chi connectivity index (χ2v) is 5.27. The zero-order valence-corrected chi connectivity index (χ0v) is 11.3. The van der Waals surface area contributed by atoms with Crippen LogP contribution in [0.5, 0.6) is 0 Å². The number of nitrogens with one attached hydrogen (secondary N) is 2. The number of nitrogens with zero attached hydrogens (tertiary/aromatic N) is 1. The molecule has 0 spiro atoms. The van der Waals surface area contributed by atoms with E-state index in [0.29, 0.717) is 0 Å². The molecule has 1 aliphatic heterocycles. The summed E-state index contributed by atoms with van der Waals surface area (Å²) in [5.74, 6) is -0.144. The van der Waals surface area contributed by atoms with Gasteiger partial charge in [0.25, 0.3) is 0 Å². The van der Waals surface area contributed by atoms with Crippen LogP contribution in [0.1, 0.15) is 6.92 Å². The van der Waals surface area contributed by atoms with E-state index in [-0.39, 0.29) is 18.1 Å². The van der Waals surface area contributed by atoms with Gasteiger partial charge in [0.05, 0.1) is 16.8 Å². The lowest BCUT2D eigenvalue weighted by Gasteiger charge is -2.38. The van der Waals surface area contributed by atoms with E-state index in [1.165, 1.54) is 0 Å². The Morgan fingerprint density at radius 3 is 3.00 bits per heavy atom. The molecule has 1 aliphatic rings. The predicted octanol–water partition coefficient (Wildman–Crippen LogP) is 1.55. The van der Waals surface area contributed by atoms with Crippen molar-refractivity contribution in [1.82, 2.24) is 10.3 Å². The molecule has 1 saturated heterocycles. The fourth-order valence-electron chi connectivity index (χ4n) is 2.22. The lowest BCUT2D eigenvalue weighted by atomic mass is 10.0. The van der Waals surface area contributed by atoms with Crippen LogP contribution in [0.4, 0.5) is 5.69 Å². The molecular weight excluding hydrogens is 254 g/mol. The van der Waals surface area contributed by atoms with Crippen molar-refractivity contribution < 1.29 is 9.53 Å². The zero-order chi connectivity index (χ0) is 14.0. The molecule has 0 radical (unpaired) electrons. The summed E-state index contributed by atoms with van der Waals surface area (Å²) in [5.41, 5.74) is 1.42. The van der Waals surface area contributed by atoms with E-state index in [2.05, 4.69) is 15.6 Å². The Morgan fingerprint density at radius 1 is 1.40 bits per heavy atom. The largest absolute Gasteiger partial charge is 0.363 e. The number of aromatic nitrogens is 1. The molecule has 2 N–H and O–H groups in total. The Bertz CT molecular complexity index is 633. The Morgan fingerprint density at radius 2 is 2.25 bits per heavy atom. The minimum atomic E-state index is -0.211. The van der Waals surface area contributed by atoms with E-state index >= 15 is 0 Å². The van der Waals surface area contributed by atoms with Crippen LogP contribution in [0.15, 0.2) is 36.5 Å². The molecule has 0 bridgehead atoms. The van der Waals surface area contributed by atoms with Gasteiger partial charge in [0.15, 0.2) is 0 Å². The van der Waals surface area contributed by atoms with Crippen molar-refractivity contribution in [3.63, 3.8) is 0 Å². The average molecular weight is 271 g/mol. The smallest absolute Gasteiger partial charge is 0.250 e. The Labute approximate surface area is 117 Å². The normalized spacial score (nSPS) is 16.6. The van der Waals surface area contributed by atoms with E-state index < -0.39 is 0 Å². The maximum atomic E-state index is 12.0. The number of carbonyl (C=O) groups is 1. The molecule has 1 fully saturated rings. The third kappa shape index (κ3) is 2.64. The van der Waals surface area contributed by atoms with E-state index in [4.69, 9.17) is 4.74 Å². The summed E-state index contributed by atoms with van der Waals surface area (Å²) in [6.45, 7) is 3.64. The van der Waals surface area contributed by atoms with Gasteiger partial charge in [-0.15, -0.1) is 0 Å². The molecule has 1 amide bonds. The van der Waals surface area contributed by atoms with Crippen LogP contribution in [0.3, 0.4) is 0 Å². The Balaban J connectivity index is 1.68. The fraction of sp³-hybridized carbons (Fsp3) is 0.333. The van der Waals surface area contributed by atoms with E-state index in [1.54, 1.807) is 6.20 Å². The highest BCUT2D eigenvalue weighted by Crippen LogP contribution is 2.21. The summed E-state index contributed by atoms with van der Waals surface area (Å²) >= 11 is 0. The van der Waals surface area contributed by atoms with Gasteiger partial charge in [0.1, 0.15) is 6.61 Å². The van der Waals surface area contributed by atoms with Crippen molar-refractivity contribution in [1.29, 1.82) is 0 Å². The van der Waals surface area contributed by atoms with E-state index in [1.807, 2.05) is 37.3 Å². The molecule has 2 heterocycles. The van der Waals surface area contributed by atoms with E-state index in [9.17, 15) is 4.79 Å². The third-order valence-corrected chi connectivity index (χ3v) is 3.47. The third-order valence-electron chi connectivity index (χ3n) is 3.47. The van der Waals surface area contributed by atoms with Crippen LogP contribution < -0.4 is 10.6 Å². The molecule has 2 aromatic rings. The topological polar surface area (TPSA) is 63.2 Å². The first-order valence-electron chi connectivity index (χ1n) is 6.65. The van der Waals surface area contributed by atoms with Crippen LogP contribution in [0.25, 0.3) is 10.9 Å². The molecule has 0 unspecified atom stereocenters. The lowest BCUT2D eigenvalue weighted by molar-refractivity contribution is -0.130. The molecule has 0 atom stereocenters. The maximum Gasteiger partial charge on any atom is 0.250 e. The van der Waals surface area contributed by atoms with Gasteiger partial charge >= 0.3 is 0 Å². The highest BCUT2D eigenvalue weighted by molar-refractivity contribution is 6.01. The highest BCUT2D eigenvalue weighted by Gasteiger charge is 2.33. The minimum absolute atomic E-state index is 0.0643. The monoisotopic (exact) mass is 271 g/mol. The van der Waals surface area contributed by atoms with Crippen molar-refractivity contribution >= 4 is 22.5 Å². The predicted molar refractivity (Wildman–Crippen MR) is 77.6 cm³/mol. The number of amides is 1. The van der Waals surface area contributed by atoms with Crippen molar-refractivity contribution in [3.8, 4) is 0 Å². The van der Waals surface area contributed by atoms with Gasteiger partial charge in [0.2, 0.25) is 5.91 Å². The molecule has 1 aromatic carbocycles. The number of rotatable bonds is 4. The molecule has 5 heteroatoms. The Hall–Kier alpha value is -1.98. The SMILES string of the molecule is CC1(OCC(=O)Nc2cccc3ncccc23)CNC1. The molecule has 5 nitrogen and oxygen atoms in total. The van der Waals surface area contributed by atoms with Crippen molar-refractivity contribution in [2.75, 3.05) is 25.0 Å². The molecular formula is C15H17N3O2. The average Bonchev–Trinajstić information content (AvgIpc) is 2.43. The van der Waals surface area contributed by atoms with Gasteiger partial charge in [-0.3, -0.25) is 9.78 Å². The fourth-order valence-corrected chi connectivity index (χ4v) is 2.22. The maximum absolute atomic E-state index is 12.0. The summed E-state index contributed by atoms with van der Waals surface area (Å²) < 4.78 is 5.62. The Kier molecular flexibility index (Phi) is 3.38. The quantitative estimate of drug-likeness (QED) is 0.885. The summed E-state index contributed by atoms with van der Waals surface area (Å²) in [6.07, 6.45) is 1.74. The second kappa shape index (κ2) is 5.19. The second-order valence-electron chi connectivity index (χ2n) is 5.27. The summed E-state index contributed by atoms with van der Waals surface area (Å²) in [7, 11) is 0. The molecule has 1 aromatic heterocycles. The molecule has 0 aliphatic carbocycles. The molecule has 0 saturated carbocycles. The van der Waals surface area contributed by atoms with Crippen LogP contribution in [-0.2, 0) is 9.53 Å².